The van der Waals surface area contributed by atoms with E-state index < -0.39 is 23.7 Å². The summed E-state index contributed by atoms with van der Waals surface area (Å²) in [6, 6.07) is 18.2. The molecule has 1 atom stereocenters. The number of hydrogen-bond acceptors (Lipinski definition) is 6. The first-order valence-electron chi connectivity index (χ1n) is 12.9. The number of rotatable bonds is 7. The van der Waals surface area contributed by atoms with E-state index in [2.05, 4.69) is 0 Å². The molecule has 202 valence electrons. The van der Waals surface area contributed by atoms with Crippen molar-refractivity contribution in [2.75, 3.05) is 12.0 Å². The van der Waals surface area contributed by atoms with E-state index in [0.717, 1.165) is 5.56 Å². The number of ether oxygens (including phenoxy) is 2. The molecule has 0 aromatic heterocycles. The third kappa shape index (κ3) is 5.30. The van der Waals surface area contributed by atoms with Gasteiger partial charge in [-0.05, 0) is 79.8 Å². The number of aliphatic hydroxyl groups excluding tert-OH is 1. The zero-order valence-corrected chi connectivity index (χ0v) is 23.0. The van der Waals surface area contributed by atoms with Crippen LogP contribution in [0.3, 0.4) is 0 Å². The van der Waals surface area contributed by atoms with Crippen molar-refractivity contribution < 1.29 is 29.0 Å². The Kier molecular flexibility index (Phi) is 7.90. The zero-order chi connectivity index (χ0) is 28.4. The van der Waals surface area contributed by atoms with E-state index in [1.54, 1.807) is 45.2 Å². The topological polar surface area (TPSA) is 93.1 Å². The number of aryl methyl sites for hydroxylation is 1. The van der Waals surface area contributed by atoms with E-state index >= 15 is 0 Å². The fourth-order valence-electron chi connectivity index (χ4n) is 4.82. The fourth-order valence-corrected chi connectivity index (χ4v) is 4.82. The molecule has 1 aliphatic rings. The van der Waals surface area contributed by atoms with E-state index in [4.69, 9.17) is 9.47 Å². The van der Waals surface area contributed by atoms with Gasteiger partial charge in [0, 0.05) is 11.3 Å². The lowest BCUT2D eigenvalue weighted by molar-refractivity contribution is -0.132. The highest BCUT2D eigenvalue weighted by molar-refractivity contribution is 6.51. The Morgan fingerprint density at radius 1 is 0.949 bits per heavy atom. The molecule has 1 saturated heterocycles. The summed E-state index contributed by atoms with van der Waals surface area (Å²) in [6.45, 7) is 9.38. The molecule has 7 heteroatoms. The average Bonchev–Trinajstić information content (AvgIpc) is 3.18. The summed E-state index contributed by atoms with van der Waals surface area (Å²) < 4.78 is 10.8. The highest BCUT2D eigenvalue weighted by Crippen LogP contribution is 2.43. The summed E-state index contributed by atoms with van der Waals surface area (Å²) in [5.74, 6) is -1.49. The third-order valence-corrected chi connectivity index (χ3v) is 6.74. The lowest BCUT2D eigenvalue weighted by Crippen LogP contribution is -2.29. The molecule has 0 spiro atoms. The van der Waals surface area contributed by atoms with Gasteiger partial charge in [-0.1, -0.05) is 44.2 Å². The molecule has 7 nitrogen and oxygen atoms in total. The van der Waals surface area contributed by atoms with Crippen molar-refractivity contribution in [2.45, 2.75) is 52.7 Å². The number of methoxy groups -OCH3 is 1. The Morgan fingerprint density at radius 3 is 2.15 bits per heavy atom. The summed E-state index contributed by atoms with van der Waals surface area (Å²) in [5, 5.41) is 11.6. The number of ketones is 1. The molecule has 1 fully saturated rings. The monoisotopic (exact) mass is 527 g/mol. The van der Waals surface area contributed by atoms with Gasteiger partial charge in [0.05, 0.1) is 30.4 Å². The second-order valence-electron chi connectivity index (χ2n) is 10.1. The molecule has 0 saturated carbocycles. The zero-order valence-electron chi connectivity index (χ0n) is 23.0. The van der Waals surface area contributed by atoms with Gasteiger partial charge >= 0.3 is 5.97 Å². The van der Waals surface area contributed by atoms with Crippen LogP contribution in [0.1, 0.15) is 72.3 Å². The van der Waals surface area contributed by atoms with Gasteiger partial charge in [0.2, 0.25) is 0 Å². The van der Waals surface area contributed by atoms with Crippen LogP contribution in [0.15, 0.2) is 72.3 Å². The molecular formula is C32H33NO6. The summed E-state index contributed by atoms with van der Waals surface area (Å²) in [4.78, 5) is 40.7. The van der Waals surface area contributed by atoms with Crippen molar-refractivity contribution in [1.29, 1.82) is 0 Å². The van der Waals surface area contributed by atoms with Crippen molar-refractivity contribution in [3.63, 3.8) is 0 Å². The number of nitrogens with zero attached hydrogens (tertiary/aromatic N) is 1. The van der Waals surface area contributed by atoms with Crippen LogP contribution in [0.4, 0.5) is 5.69 Å². The van der Waals surface area contributed by atoms with Crippen LogP contribution in [-0.4, -0.2) is 36.0 Å². The quantitative estimate of drug-likeness (QED) is 0.167. The van der Waals surface area contributed by atoms with Gasteiger partial charge in [-0.15, -0.1) is 0 Å². The molecule has 1 aliphatic heterocycles. The van der Waals surface area contributed by atoms with Gasteiger partial charge in [-0.25, -0.2) is 4.79 Å². The van der Waals surface area contributed by atoms with Crippen molar-refractivity contribution >= 4 is 29.1 Å². The van der Waals surface area contributed by atoms with Crippen LogP contribution < -0.4 is 9.64 Å². The van der Waals surface area contributed by atoms with Crippen molar-refractivity contribution in [3.8, 4) is 5.75 Å². The molecule has 0 bridgehead atoms. The second-order valence-corrected chi connectivity index (χ2v) is 10.1. The minimum Gasteiger partial charge on any atom is -0.507 e. The summed E-state index contributed by atoms with van der Waals surface area (Å²) >= 11 is 0. The molecule has 1 amide bonds. The van der Waals surface area contributed by atoms with Crippen LogP contribution >= 0.6 is 0 Å². The normalized spacial score (nSPS) is 16.7. The third-order valence-electron chi connectivity index (χ3n) is 6.74. The first-order chi connectivity index (χ1) is 18.5. The Balaban J connectivity index is 1.88. The highest BCUT2D eigenvalue weighted by Gasteiger charge is 2.47. The SMILES string of the molecule is COc1cc(C)c(/C(O)=C2\C(=O)C(=O)N(c3ccc(C(=O)OC(C)C)cc3)C2c2ccccc2)cc1C(C)C. The molecular weight excluding hydrogens is 494 g/mol. The lowest BCUT2D eigenvalue weighted by atomic mass is 9.91. The number of anilines is 1. The molecule has 3 aromatic rings. The predicted octanol–water partition coefficient (Wildman–Crippen LogP) is 6.32. The Labute approximate surface area is 228 Å². The minimum atomic E-state index is -0.872. The van der Waals surface area contributed by atoms with Crippen LogP contribution in [0.5, 0.6) is 5.75 Å². The number of amides is 1. The summed E-state index contributed by atoms with van der Waals surface area (Å²) in [6.07, 6.45) is -0.272. The molecule has 1 heterocycles. The van der Waals surface area contributed by atoms with E-state index in [1.807, 2.05) is 63.2 Å². The van der Waals surface area contributed by atoms with Gasteiger partial charge < -0.3 is 14.6 Å². The highest BCUT2D eigenvalue weighted by atomic mass is 16.5. The number of aliphatic hydroxyl groups is 1. The molecule has 0 aliphatic carbocycles. The van der Waals surface area contributed by atoms with Crippen LogP contribution in [0.25, 0.3) is 5.76 Å². The van der Waals surface area contributed by atoms with Gasteiger partial charge in [0.1, 0.15) is 11.5 Å². The first-order valence-corrected chi connectivity index (χ1v) is 12.9. The fraction of sp³-hybridized carbons (Fsp3) is 0.281. The van der Waals surface area contributed by atoms with Crippen molar-refractivity contribution in [3.05, 3.63) is 100 Å². The van der Waals surface area contributed by atoms with Crippen LogP contribution in [-0.2, 0) is 14.3 Å². The summed E-state index contributed by atoms with van der Waals surface area (Å²) in [5.41, 5.74) is 3.45. The van der Waals surface area contributed by atoms with Crippen LogP contribution in [0, 0.1) is 6.92 Å². The van der Waals surface area contributed by atoms with Gasteiger partial charge in [-0.2, -0.15) is 0 Å². The number of carbonyl (C=O) groups excluding carboxylic acids is 3. The maximum atomic E-state index is 13.5. The molecule has 1 unspecified atom stereocenters. The van der Waals surface area contributed by atoms with E-state index in [1.165, 1.54) is 4.90 Å². The Hall–Kier alpha value is -4.39. The van der Waals surface area contributed by atoms with Gasteiger partial charge in [-0.3, -0.25) is 14.5 Å². The Bertz CT molecular complexity index is 1440. The van der Waals surface area contributed by atoms with Crippen LogP contribution in [0.2, 0.25) is 0 Å². The Morgan fingerprint density at radius 2 is 1.59 bits per heavy atom. The number of esters is 1. The largest absolute Gasteiger partial charge is 0.507 e. The predicted molar refractivity (Wildman–Crippen MR) is 150 cm³/mol. The van der Waals surface area contributed by atoms with Crippen molar-refractivity contribution in [1.82, 2.24) is 0 Å². The van der Waals surface area contributed by atoms with E-state index in [-0.39, 0.29) is 23.4 Å². The number of hydrogen-bond donors (Lipinski definition) is 1. The molecule has 1 N–H and O–H groups in total. The number of benzene rings is 3. The van der Waals surface area contributed by atoms with E-state index in [9.17, 15) is 19.5 Å². The molecule has 3 aromatic carbocycles. The molecule has 39 heavy (non-hydrogen) atoms. The maximum absolute atomic E-state index is 13.5. The number of carbonyl (C=O) groups is 3. The van der Waals surface area contributed by atoms with Gasteiger partial charge in [0.25, 0.3) is 11.7 Å². The minimum absolute atomic E-state index is 0.00235. The average molecular weight is 528 g/mol. The molecule has 0 radical (unpaired) electrons. The van der Waals surface area contributed by atoms with Gasteiger partial charge in [0.15, 0.2) is 0 Å². The second kappa shape index (κ2) is 11.2. The van der Waals surface area contributed by atoms with Crippen molar-refractivity contribution in [2.24, 2.45) is 0 Å². The smallest absolute Gasteiger partial charge is 0.338 e. The van der Waals surface area contributed by atoms with E-state index in [0.29, 0.717) is 33.7 Å². The maximum Gasteiger partial charge on any atom is 0.338 e. The first kappa shape index (κ1) is 27.6. The number of Topliss-reactive ketones (excluding diaryl/α,β-unsaturated/α-hetero) is 1. The lowest BCUT2D eigenvalue weighted by Gasteiger charge is -2.26. The molecule has 4 rings (SSSR count). The standard InChI is InChI=1S/C32H33NO6/c1-18(2)24-17-25(20(5)16-26(24)38-6)29(34)27-28(21-10-8-7-9-11-21)33(31(36)30(27)35)23-14-12-22(13-15-23)32(37)39-19(3)4/h7-19,28,34H,1-6H3/b29-27+. The summed E-state index contributed by atoms with van der Waals surface area (Å²) in [7, 11) is 1.59.